The van der Waals surface area contributed by atoms with Gasteiger partial charge in [-0.2, -0.15) is 0 Å². The molecule has 1 aliphatic heterocycles. The van der Waals surface area contributed by atoms with Gasteiger partial charge < -0.3 is 5.32 Å². The SMILES string of the molecule is CCCCC(C)N1CC(C(C)(C)C)NCC1CC. The fourth-order valence-electron chi connectivity index (χ4n) is 2.98. The van der Waals surface area contributed by atoms with Crippen molar-refractivity contribution in [2.45, 2.75) is 85.4 Å². The highest BCUT2D eigenvalue weighted by Crippen LogP contribution is 2.26. The maximum Gasteiger partial charge on any atom is 0.0244 e. The average molecular weight is 254 g/mol. The Labute approximate surface area is 115 Å². The van der Waals surface area contributed by atoms with E-state index in [0.717, 1.165) is 18.6 Å². The Morgan fingerprint density at radius 2 is 1.94 bits per heavy atom. The fraction of sp³-hybridized carbons (Fsp3) is 1.00. The molecule has 0 radical (unpaired) electrons. The lowest BCUT2D eigenvalue weighted by Crippen LogP contribution is -2.62. The molecule has 1 saturated heterocycles. The van der Waals surface area contributed by atoms with Crippen molar-refractivity contribution >= 4 is 0 Å². The number of piperazine rings is 1. The Hall–Kier alpha value is -0.0800. The van der Waals surface area contributed by atoms with Crippen LogP contribution in [0.5, 0.6) is 0 Å². The van der Waals surface area contributed by atoms with E-state index in [1.807, 2.05) is 0 Å². The van der Waals surface area contributed by atoms with Crippen LogP contribution in [0.2, 0.25) is 0 Å². The zero-order valence-electron chi connectivity index (χ0n) is 13.4. The van der Waals surface area contributed by atoms with Gasteiger partial charge >= 0.3 is 0 Å². The third-order valence-corrected chi connectivity index (χ3v) is 4.52. The normalized spacial score (nSPS) is 28.3. The van der Waals surface area contributed by atoms with Crippen molar-refractivity contribution in [1.82, 2.24) is 10.2 Å². The van der Waals surface area contributed by atoms with Crippen LogP contribution in [-0.2, 0) is 0 Å². The standard InChI is InChI=1S/C16H34N2/c1-7-9-10-13(3)18-12-15(16(4,5)6)17-11-14(18)8-2/h13-15,17H,7-12H2,1-6H3. The highest BCUT2D eigenvalue weighted by Gasteiger charge is 2.34. The quantitative estimate of drug-likeness (QED) is 0.805. The Morgan fingerprint density at radius 1 is 1.28 bits per heavy atom. The lowest BCUT2D eigenvalue weighted by Gasteiger charge is -2.47. The molecule has 18 heavy (non-hydrogen) atoms. The molecule has 0 amide bonds. The van der Waals surface area contributed by atoms with E-state index < -0.39 is 0 Å². The third kappa shape index (κ3) is 4.24. The minimum atomic E-state index is 0.363. The van der Waals surface area contributed by atoms with Gasteiger partial charge in [0.05, 0.1) is 0 Å². The number of unbranched alkanes of at least 4 members (excludes halogenated alkanes) is 1. The van der Waals surface area contributed by atoms with Gasteiger partial charge in [-0.25, -0.2) is 0 Å². The lowest BCUT2D eigenvalue weighted by atomic mass is 9.84. The molecule has 3 unspecified atom stereocenters. The molecular weight excluding hydrogens is 220 g/mol. The molecule has 0 aromatic heterocycles. The van der Waals surface area contributed by atoms with Gasteiger partial charge in [0.25, 0.3) is 0 Å². The summed E-state index contributed by atoms with van der Waals surface area (Å²) in [7, 11) is 0. The van der Waals surface area contributed by atoms with Crippen LogP contribution in [0.4, 0.5) is 0 Å². The van der Waals surface area contributed by atoms with Crippen molar-refractivity contribution in [3.63, 3.8) is 0 Å². The Morgan fingerprint density at radius 3 is 2.44 bits per heavy atom. The largest absolute Gasteiger partial charge is 0.311 e. The maximum atomic E-state index is 3.76. The van der Waals surface area contributed by atoms with Crippen LogP contribution >= 0.6 is 0 Å². The van der Waals surface area contributed by atoms with E-state index in [4.69, 9.17) is 0 Å². The van der Waals surface area contributed by atoms with Gasteiger partial charge in [-0.1, -0.05) is 47.5 Å². The molecule has 1 aliphatic rings. The van der Waals surface area contributed by atoms with Crippen LogP contribution in [0.15, 0.2) is 0 Å². The van der Waals surface area contributed by atoms with E-state index in [9.17, 15) is 0 Å². The summed E-state index contributed by atoms with van der Waals surface area (Å²) in [6.45, 7) is 16.5. The number of rotatable bonds is 5. The Kier molecular flexibility index (Phi) is 6.13. The fourth-order valence-corrected chi connectivity index (χ4v) is 2.98. The van der Waals surface area contributed by atoms with Gasteiger partial charge in [0.1, 0.15) is 0 Å². The number of nitrogens with zero attached hydrogens (tertiary/aromatic N) is 1. The molecule has 2 nitrogen and oxygen atoms in total. The van der Waals surface area contributed by atoms with Crippen molar-refractivity contribution in [1.29, 1.82) is 0 Å². The van der Waals surface area contributed by atoms with Gasteiger partial charge in [0, 0.05) is 31.2 Å². The number of hydrogen-bond acceptors (Lipinski definition) is 2. The molecule has 2 heteroatoms. The third-order valence-electron chi connectivity index (χ3n) is 4.52. The summed E-state index contributed by atoms with van der Waals surface area (Å²) in [4.78, 5) is 2.77. The van der Waals surface area contributed by atoms with Gasteiger partial charge in [-0.3, -0.25) is 4.90 Å². The van der Waals surface area contributed by atoms with Crippen molar-refractivity contribution in [3.8, 4) is 0 Å². The first-order chi connectivity index (χ1) is 8.40. The summed E-state index contributed by atoms with van der Waals surface area (Å²) in [6.07, 6.45) is 5.29. The highest BCUT2D eigenvalue weighted by atomic mass is 15.3. The summed E-state index contributed by atoms with van der Waals surface area (Å²) < 4.78 is 0. The molecule has 0 aromatic carbocycles. The number of nitrogens with one attached hydrogen (secondary N) is 1. The maximum absolute atomic E-state index is 3.76. The summed E-state index contributed by atoms with van der Waals surface area (Å²) >= 11 is 0. The van der Waals surface area contributed by atoms with Crippen molar-refractivity contribution < 1.29 is 0 Å². The minimum absolute atomic E-state index is 0.363. The zero-order valence-corrected chi connectivity index (χ0v) is 13.4. The molecule has 1 rings (SSSR count). The summed E-state index contributed by atoms with van der Waals surface area (Å²) in [6, 6.07) is 2.10. The van der Waals surface area contributed by atoms with Crippen molar-refractivity contribution in [2.24, 2.45) is 5.41 Å². The molecule has 3 atom stereocenters. The first-order valence-electron chi connectivity index (χ1n) is 7.89. The summed E-state index contributed by atoms with van der Waals surface area (Å²) in [5.41, 5.74) is 0.363. The smallest absolute Gasteiger partial charge is 0.0244 e. The van der Waals surface area contributed by atoms with Crippen LogP contribution in [0.1, 0.15) is 67.2 Å². The molecule has 0 bridgehead atoms. The molecule has 0 aliphatic carbocycles. The molecular formula is C16H34N2. The first kappa shape index (κ1) is 16.0. The Balaban J connectivity index is 2.64. The van der Waals surface area contributed by atoms with Crippen LogP contribution in [0, 0.1) is 5.41 Å². The van der Waals surface area contributed by atoms with Crippen molar-refractivity contribution in [3.05, 3.63) is 0 Å². The van der Waals surface area contributed by atoms with Gasteiger partial charge in [0.2, 0.25) is 0 Å². The molecule has 1 fully saturated rings. The molecule has 108 valence electrons. The van der Waals surface area contributed by atoms with E-state index in [0.29, 0.717) is 11.5 Å². The van der Waals surface area contributed by atoms with Crippen LogP contribution in [0.3, 0.4) is 0 Å². The van der Waals surface area contributed by atoms with Gasteiger partial charge in [-0.15, -0.1) is 0 Å². The van der Waals surface area contributed by atoms with E-state index >= 15 is 0 Å². The van der Waals surface area contributed by atoms with E-state index in [-0.39, 0.29) is 0 Å². The Bertz CT molecular complexity index is 232. The lowest BCUT2D eigenvalue weighted by molar-refractivity contribution is 0.0498. The molecule has 1 heterocycles. The zero-order chi connectivity index (χ0) is 13.8. The van der Waals surface area contributed by atoms with Gasteiger partial charge in [0.15, 0.2) is 0 Å². The summed E-state index contributed by atoms with van der Waals surface area (Å²) in [5, 5.41) is 3.76. The second-order valence-electron chi connectivity index (χ2n) is 7.08. The average Bonchev–Trinajstić information content (AvgIpc) is 2.34. The number of hydrogen-bond donors (Lipinski definition) is 1. The van der Waals surface area contributed by atoms with Crippen LogP contribution in [0.25, 0.3) is 0 Å². The highest BCUT2D eigenvalue weighted by molar-refractivity contribution is 4.93. The predicted molar refractivity (Wildman–Crippen MR) is 81.0 cm³/mol. The molecule has 0 spiro atoms. The van der Waals surface area contributed by atoms with Gasteiger partial charge in [-0.05, 0) is 25.2 Å². The second-order valence-corrected chi connectivity index (χ2v) is 7.08. The predicted octanol–water partition coefficient (Wildman–Crippen LogP) is 3.66. The van der Waals surface area contributed by atoms with Crippen LogP contribution in [-0.4, -0.2) is 36.1 Å². The summed E-state index contributed by atoms with van der Waals surface area (Å²) in [5.74, 6) is 0. The topological polar surface area (TPSA) is 15.3 Å². The second kappa shape index (κ2) is 6.91. The van der Waals surface area contributed by atoms with Crippen molar-refractivity contribution in [2.75, 3.05) is 13.1 Å². The van der Waals surface area contributed by atoms with E-state index in [1.165, 1.54) is 32.2 Å². The van der Waals surface area contributed by atoms with E-state index in [1.54, 1.807) is 0 Å². The van der Waals surface area contributed by atoms with E-state index in [2.05, 4.69) is 51.8 Å². The van der Waals surface area contributed by atoms with Crippen LogP contribution < -0.4 is 5.32 Å². The molecule has 0 saturated carbocycles. The minimum Gasteiger partial charge on any atom is -0.311 e. The molecule has 0 aromatic rings. The monoisotopic (exact) mass is 254 g/mol. The molecule has 1 N–H and O–H groups in total. The first-order valence-corrected chi connectivity index (χ1v) is 7.89.